The molecule has 0 bridgehead atoms. The Labute approximate surface area is 81.5 Å². The number of nitriles is 1. The van der Waals surface area contributed by atoms with Gasteiger partial charge in [-0.25, -0.2) is 0 Å². The average molecular weight is 180 g/mol. The van der Waals surface area contributed by atoms with E-state index in [4.69, 9.17) is 5.26 Å². The monoisotopic (exact) mass is 180 g/mol. The number of hydrogen-bond donors (Lipinski definition) is 0. The molecule has 1 heterocycles. The Morgan fingerprint density at radius 2 is 2.23 bits per heavy atom. The highest BCUT2D eigenvalue weighted by Crippen LogP contribution is 2.18. The Kier molecular flexibility index (Phi) is 4.24. The highest BCUT2D eigenvalue weighted by atomic mass is 15.1. The predicted octanol–water partition coefficient (Wildman–Crippen LogP) is 2.41. The standard InChI is InChI=1S/C11H20N2/c1-10-4-3-8-13(9-6-10)11(2)5-7-12/h10-11H,3-6,8-9H2,1-2H3. The molecule has 1 fully saturated rings. The third kappa shape index (κ3) is 3.36. The molecule has 0 N–H and O–H groups in total. The number of likely N-dealkylation sites (tertiary alicyclic amines) is 1. The van der Waals surface area contributed by atoms with E-state index in [0.29, 0.717) is 12.5 Å². The molecular weight excluding hydrogens is 160 g/mol. The molecule has 1 aliphatic rings. The van der Waals surface area contributed by atoms with Crippen LogP contribution in [-0.2, 0) is 0 Å². The molecule has 2 heteroatoms. The summed E-state index contributed by atoms with van der Waals surface area (Å²) < 4.78 is 0. The van der Waals surface area contributed by atoms with Crippen LogP contribution in [0.2, 0.25) is 0 Å². The van der Waals surface area contributed by atoms with E-state index in [9.17, 15) is 0 Å². The second-order valence-electron chi connectivity index (χ2n) is 4.28. The van der Waals surface area contributed by atoms with Gasteiger partial charge in [0.25, 0.3) is 0 Å². The van der Waals surface area contributed by atoms with E-state index in [1.165, 1.54) is 32.4 Å². The molecule has 0 aromatic carbocycles. The van der Waals surface area contributed by atoms with E-state index >= 15 is 0 Å². The van der Waals surface area contributed by atoms with Crippen molar-refractivity contribution in [1.29, 1.82) is 5.26 Å². The van der Waals surface area contributed by atoms with Crippen molar-refractivity contribution in [3.63, 3.8) is 0 Å². The Morgan fingerprint density at radius 1 is 1.46 bits per heavy atom. The summed E-state index contributed by atoms with van der Waals surface area (Å²) in [7, 11) is 0. The molecule has 0 saturated carbocycles. The van der Waals surface area contributed by atoms with Gasteiger partial charge in [0.05, 0.1) is 12.5 Å². The van der Waals surface area contributed by atoms with Crippen LogP contribution in [0.25, 0.3) is 0 Å². The molecule has 0 radical (unpaired) electrons. The van der Waals surface area contributed by atoms with Gasteiger partial charge in [0.15, 0.2) is 0 Å². The van der Waals surface area contributed by atoms with Gasteiger partial charge in [-0.1, -0.05) is 6.92 Å². The maximum atomic E-state index is 8.61. The van der Waals surface area contributed by atoms with Gasteiger partial charge in [-0.05, 0) is 45.2 Å². The number of rotatable bonds is 2. The maximum absolute atomic E-state index is 8.61. The summed E-state index contributed by atoms with van der Waals surface area (Å²) >= 11 is 0. The lowest BCUT2D eigenvalue weighted by molar-refractivity contribution is 0.217. The van der Waals surface area contributed by atoms with Crippen molar-refractivity contribution in [1.82, 2.24) is 4.90 Å². The average Bonchev–Trinajstić information content (AvgIpc) is 2.30. The molecular formula is C11H20N2. The quantitative estimate of drug-likeness (QED) is 0.652. The van der Waals surface area contributed by atoms with E-state index in [0.717, 1.165) is 5.92 Å². The molecule has 1 aliphatic heterocycles. The normalized spacial score (nSPS) is 27.6. The molecule has 2 unspecified atom stereocenters. The largest absolute Gasteiger partial charge is 0.300 e. The number of hydrogen-bond acceptors (Lipinski definition) is 2. The first kappa shape index (κ1) is 10.5. The molecule has 0 aliphatic carbocycles. The molecule has 13 heavy (non-hydrogen) atoms. The lowest BCUT2D eigenvalue weighted by atomic mass is 10.0. The Morgan fingerprint density at radius 3 is 2.92 bits per heavy atom. The van der Waals surface area contributed by atoms with Crippen molar-refractivity contribution in [2.75, 3.05) is 13.1 Å². The molecule has 1 saturated heterocycles. The first-order chi connectivity index (χ1) is 6.24. The van der Waals surface area contributed by atoms with Crippen molar-refractivity contribution in [2.24, 2.45) is 5.92 Å². The molecule has 1 rings (SSSR count). The van der Waals surface area contributed by atoms with Crippen LogP contribution in [-0.4, -0.2) is 24.0 Å². The summed E-state index contributed by atoms with van der Waals surface area (Å²) in [5.41, 5.74) is 0. The lowest BCUT2D eigenvalue weighted by Crippen LogP contribution is -2.33. The summed E-state index contributed by atoms with van der Waals surface area (Å²) in [6.07, 6.45) is 4.64. The molecule has 0 aromatic rings. The Bertz CT molecular complexity index is 183. The molecule has 0 spiro atoms. The van der Waals surface area contributed by atoms with Gasteiger partial charge in [0, 0.05) is 6.04 Å². The van der Waals surface area contributed by atoms with Crippen molar-refractivity contribution in [2.45, 2.75) is 45.6 Å². The van der Waals surface area contributed by atoms with Crippen LogP contribution >= 0.6 is 0 Å². The minimum absolute atomic E-state index is 0.454. The summed E-state index contributed by atoms with van der Waals surface area (Å²) in [5.74, 6) is 0.874. The minimum atomic E-state index is 0.454. The van der Waals surface area contributed by atoms with Crippen LogP contribution in [0.3, 0.4) is 0 Å². The predicted molar refractivity (Wildman–Crippen MR) is 54.3 cm³/mol. The fourth-order valence-electron chi connectivity index (χ4n) is 1.99. The van der Waals surface area contributed by atoms with Crippen molar-refractivity contribution >= 4 is 0 Å². The summed E-state index contributed by atoms with van der Waals surface area (Å²) in [6, 6.07) is 2.71. The van der Waals surface area contributed by atoms with Crippen LogP contribution in [0, 0.1) is 17.2 Å². The lowest BCUT2D eigenvalue weighted by Gasteiger charge is -2.25. The second kappa shape index (κ2) is 5.24. The van der Waals surface area contributed by atoms with Gasteiger partial charge in [-0.15, -0.1) is 0 Å². The van der Waals surface area contributed by atoms with Crippen molar-refractivity contribution < 1.29 is 0 Å². The van der Waals surface area contributed by atoms with E-state index in [-0.39, 0.29) is 0 Å². The number of nitrogens with zero attached hydrogens (tertiary/aromatic N) is 2. The molecule has 74 valence electrons. The zero-order valence-corrected chi connectivity index (χ0v) is 8.79. The third-order valence-corrected chi connectivity index (χ3v) is 3.06. The molecule has 0 aromatic heterocycles. The Balaban J connectivity index is 2.37. The van der Waals surface area contributed by atoms with Crippen molar-refractivity contribution in [3.05, 3.63) is 0 Å². The topological polar surface area (TPSA) is 27.0 Å². The smallest absolute Gasteiger partial charge is 0.0638 e. The molecule has 0 amide bonds. The summed E-state index contributed by atoms with van der Waals surface area (Å²) in [6.45, 7) is 6.87. The van der Waals surface area contributed by atoms with Crippen LogP contribution in [0.4, 0.5) is 0 Å². The highest BCUT2D eigenvalue weighted by Gasteiger charge is 2.17. The Hall–Kier alpha value is -0.550. The zero-order valence-electron chi connectivity index (χ0n) is 8.79. The van der Waals surface area contributed by atoms with Crippen LogP contribution in [0.1, 0.15) is 39.5 Å². The first-order valence-electron chi connectivity index (χ1n) is 5.35. The van der Waals surface area contributed by atoms with Gasteiger partial charge in [-0.3, -0.25) is 4.90 Å². The van der Waals surface area contributed by atoms with Crippen LogP contribution < -0.4 is 0 Å². The van der Waals surface area contributed by atoms with Gasteiger partial charge < -0.3 is 0 Å². The van der Waals surface area contributed by atoms with Gasteiger partial charge in [0.2, 0.25) is 0 Å². The van der Waals surface area contributed by atoms with E-state index < -0.39 is 0 Å². The van der Waals surface area contributed by atoms with Crippen LogP contribution in [0.15, 0.2) is 0 Å². The third-order valence-electron chi connectivity index (χ3n) is 3.06. The first-order valence-corrected chi connectivity index (χ1v) is 5.35. The SMILES string of the molecule is CC1CCCN(C(C)CC#N)CC1. The zero-order chi connectivity index (χ0) is 9.68. The summed E-state index contributed by atoms with van der Waals surface area (Å²) in [5, 5.41) is 8.61. The summed E-state index contributed by atoms with van der Waals surface area (Å²) in [4.78, 5) is 2.46. The van der Waals surface area contributed by atoms with Crippen molar-refractivity contribution in [3.8, 4) is 6.07 Å². The van der Waals surface area contributed by atoms with Gasteiger partial charge >= 0.3 is 0 Å². The van der Waals surface area contributed by atoms with E-state index in [2.05, 4.69) is 24.8 Å². The highest BCUT2D eigenvalue weighted by molar-refractivity contribution is 4.81. The van der Waals surface area contributed by atoms with E-state index in [1.54, 1.807) is 0 Å². The fourth-order valence-corrected chi connectivity index (χ4v) is 1.99. The van der Waals surface area contributed by atoms with Gasteiger partial charge in [-0.2, -0.15) is 5.26 Å². The fraction of sp³-hybridized carbons (Fsp3) is 0.909. The second-order valence-corrected chi connectivity index (χ2v) is 4.28. The molecule has 2 atom stereocenters. The van der Waals surface area contributed by atoms with E-state index in [1.807, 2.05) is 0 Å². The molecule has 2 nitrogen and oxygen atoms in total. The maximum Gasteiger partial charge on any atom is 0.0638 e. The van der Waals surface area contributed by atoms with Gasteiger partial charge in [0.1, 0.15) is 0 Å². The van der Waals surface area contributed by atoms with Crippen LogP contribution in [0.5, 0.6) is 0 Å². The minimum Gasteiger partial charge on any atom is -0.300 e.